The lowest BCUT2D eigenvalue weighted by Crippen LogP contribution is -2.48. The molecule has 0 aromatic heterocycles. The van der Waals surface area contributed by atoms with Crippen LogP contribution in [0, 0.1) is 0 Å². The largest absolute Gasteiger partial charge is 0.496 e. The van der Waals surface area contributed by atoms with Crippen molar-refractivity contribution in [1.82, 2.24) is 14.9 Å². The molecule has 144 valence electrons. The van der Waals surface area contributed by atoms with Gasteiger partial charge in [0.25, 0.3) is 5.91 Å². The van der Waals surface area contributed by atoms with Gasteiger partial charge in [0.1, 0.15) is 5.75 Å². The van der Waals surface area contributed by atoms with Crippen molar-refractivity contribution >= 4 is 15.9 Å². The van der Waals surface area contributed by atoms with Crippen molar-refractivity contribution < 1.29 is 17.9 Å². The van der Waals surface area contributed by atoms with Crippen LogP contribution in [-0.4, -0.2) is 53.0 Å². The van der Waals surface area contributed by atoms with E-state index >= 15 is 0 Å². The van der Waals surface area contributed by atoms with Gasteiger partial charge >= 0.3 is 0 Å². The number of sulfonamides is 1. The topological polar surface area (TPSA) is 87.7 Å². The molecule has 0 radical (unpaired) electrons. The first-order chi connectivity index (χ1) is 13.0. The summed E-state index contributed by atoms with van der Waals surface area (Å²) in [6.07, 6.45) is 0. The summed E-state index contributed by atoms with van der Waals surface area (Å²) in [5, 5.41) is 3.31. The number of para-hydroxylation sites is 1. The molecule has 1 amide bonds. The predicted molar refractivity (Wildman–Crippen MR) is 102 cm³/mol. The minimum Gasteiger partial charge on any atom is -0.496 e. The van der Waals surface area contributed by atoms with E-state index in [2.05, 4.69) is 10.0 Å². The molecular formula is C19H23N3O4S. The molecule has 8 heteroatoms. The van der Waals surface area contributed by atoms with Gasteiger partial charge in [-0.05, 0) is 31.3 Å². The number of hydrogen-bond donors (Lipinski definition) is 2. The molecule has 1 unspecified atom stereocenters. The summed E-state index contributed by atoms with van der Waals surface area (Å²) in [7, 11) is -0.665. The Kier molecular flexibility index (Phi) is 5.79. The highest BCUT2D eigenvalue weighted by Gasteiger charge is 2.30. The molecule has 1 aliphatic rings. The molecule has 27 heavy (non-hydrogen) atoms. The molecular weight excluding hydrogens is 366 g/mol. The van der Waals surface area contributed by atoms with Crippen LogP contribution in [0.2, 0.25) is 0 Å². The maximum atomic E-state index is 13.2. The van der Waals surface area contributed by atoms with Gasteiger partial charge in [-0.25, -0.2) is 13.1 Å². The Balaban J connectivity index is 1.96. The SMILES string of the molecule is CNS(=O)(=O)c1cccc(C(=O)N2CCNCC2c2ccccc2OC)c1. The summed E-state index contributed by atoms with van der Waals surface area (Å²) in [6, 6.07) is 13.5. The Morgan fingerprint density at radius 3 is 2.74 bits per heavy atom. The zero-order valence-electron chi connectivity index (χ0n) is 15.3. The van der Waals surface area contributed by atoms with Crippen molar-refractivity contribution in [3.63, 3.8) is 0 Å². The van der Waals surface area contributed by atoms with Crippen LogP contribution in [0.1, 0.15) is 22.0 Å². The molecule has 7 nitrogen and oxygen atoms in total. The Bertz CT molecular complexity index is 930. The van der Waals surface area contributed by atoms with Crippen LogP contribution >= 0.6 is 0 Å². The van der Waals surface area contributed by atoms with Gasteiger partial charge < -0.3 is 15.0 Å². The molecule has 0 spiro atoms. The van der Waals surface area contributed by atoms with Crippen molar-refractivity contribution in [3.8, 4) is 5.75 Å². The molecule has 0 saturated carbocycles. The first kappa shape index (κ1) is 19.3. The summed E-state index contributed by atoms with van der Waals surface area (Å²) in [5.74, 6) is 0.510. The number of carbonyl (C=O) groups is 1. The molecule has 1 aliphatic heterocycles. The normalized spacial score (nSPS) is 17.6. The summed E-state index contributed by atoms with van der Waals surface area (Å²) in [5.41, 5.74) is 1.26. The third-order valence-corrected chi connectivity index (χ3v) is 6.07. The van der Waals surface area contributed by atoms with E-state index in [0.29, 0.717) is 25.2 Å². The van der Waals surface area contributed by atoms with Crippen molar-refractivity contribution in [1.29, 1.82) is 0 Å². The van der Waals surface area contributed by atoms with Crippen LogP contribution in [0.3, 0.4) is 0 Å². The number of benzene rings is 2. The van der Waals surface area contributed by atoms with Gasteiger partial charge in [0, 0.05) is 30.8 Å². The average molecular weight is 389 g/mol. The van der Waals surface area contributed by atoms with Crippen molar-refractivity contribution in [2.24, 2.45) is 0 Å². The quantitative estimate of drug-likeness (QED) is 0.807. The van der Waals surface area contributed by atoms with Crippen LogP contribution in [0.4, 0.5) is 0 Å². The summed E-state index contributed by atoms with van der Waals surface area (Å²) in [6.45, 7) is 1.79. The molecule has 0 bridgehead atoms. The predicted octanol–water partition coefficient (Wildman–Crippen LogP) is 1.39. The standard InChI is InChI=1S/C19H23N3O4S/c1-20-27(24,25)15-7-5-6-14(12-15)19(23)22-11-10-21-13-17(22)16-8-3-4-9-18(16)26-2/h3-9,12,17,20-21H,10-11,13H2,1-2H3. The molecule has 0 aliphatic carbocycles. The second kappa shape index (κ2) is 8.08. The zero-order chi connectivity index (χ0) is 19.4. The van der Waals surface area contributed by atoms with E-state index in [0.717, 1.165) is 11.3 Å². The van der Waals surface area contributed by atoms with E-state index in [1.54, 1.807) is 24.1 Å². The lowest BCUT2D eigenvalue weighted by molar-refractivity contribution is 0.0631. The number of nitrogens with zero attached hydrogens (tertiary/aromatic N) is 1. The molecule has 3 rings (SSSR count). The van der Waals surface area contributed by atoms with Crippen LogP contribution in [0.25, 0.3) is 0 Å². The zero-order valence-corrected chi connectivity index (χ0v) is 16.1. The Labute approximate surface area is 159 Å². The summed E-state index contributed by atoms with van der Waals surface area (Å²) >= 11 is 0. The number of amides is 1. The van der Waals surface area contributed by atoms with Gasteiger partial charge in [0.05, 0.1) is 18.0 Å². The van der Waals surface area contributed by atoms with Crippen LogP contribution < -0.4 is 14.8 Å². The second-order valence-corrected chi connectivity index (χ2v) is 8.08. The van der Waals surface area contributed by atoms with E-state index in [-0.39, 0.29) is 16.8 Å². The van der Waals surface area contributed by atoms with E-state index in [1.165, 1.54) is 19.2 Å². The highest BCUT2D eigenvalue weighted by atomic mass is 32.2. The lowest BCUT2D eigenvalue weighted by Gasteiger charge is -2.37. The van der Waals surface area contributed by atoms with E-state index in [1.807, 2.05) is 24.3 Å². The number of ether oxygens (including phenoxy) is 1. The number of carbonyl (C=O) groups excluding carboxylic acids is 1. The lowest BCUT2D eigenvalue weighted by atomic mass is 10.0. The Morgan fingerprint density at radius 1 is 1.22 bits per heavy atom. The maximum Gasteiger partial charge on any atom is 0.254 e. The Hall–Kier alpha value is -2.42. The van der Waals surface area contributed by atoms with Gasteiger partial charge in [-0.3, -0.25) is 4.79 Å². The maximum absolute atomic E-state index is 13.2. The molecule has 2 N–H and O–H groups in total. The highest BCUT2D eigenvalue weighted by molar-refractivity contribution is 7.89. The third kappa shape index (κ3) is 3.97. The second-order valence-electron chi connectivity index (χ2n) is 6.20. The van der Waals surface area contributed by atoms with Crippen LogP contribution in [0.15, 0.2) is 53.4 Å². The van der Waals surface area contributed by atoms with Crippen molar-refractivity contribution in [2.75, 3.05) is 33.8 Å². The minimum absolute atomic E-state index is 0.0693. The van der Waals surface area contributed by atoms with E-state index in [4.69, 9.17) is 4.74 Å². The first-order valence-electron chi connectivity index (χ1n) is 8.66. The van der Waals surface area contributed by atoms with Crippen LogP contribution in [0.5, 0.6) is 5.75 Å². The summed E-state index contributed by atoms with van der Waals surface area (Å²) in [4.78, 5) is 15.0. The van der Waals surface area contributed by atoms with Gasteiger partial charge in [-0.2, -0.15) is 0 Å². The van der Waals surface area contributed by atoms with Gasteiger partial charge in [-0.15, -0.1) is 0 Å². The van der Waals surface area contributed by atoms with E-state index < -0.39 is 10.0 Å². The first-order valence-corrected chi connectivity index (χ1v) is 10.1. The number of piperazine rings is 1. The number of methoxy groups -OCH3 is 1. The number of nitrogens with one attached hydrogen (secondary N) is 2. The third-order valence-electron chi connectivity index (χ3n) is 4.66. The summed E-state index contributed by atoms with van der Waals surface area (Å²) < 4.78 is 31.8. The number of hydrogen-bond acceptors (Lipinski definition) is 5. The van der Waals surface area contributed by atoms with Crippen molar-refractivity contribution in [2.45, 2.75) is 10.9 Å². The number of rotatable bonds is 5. The van der Waals surface area contributed by atoms with Crippen LogP contribution in [-0.2, 0) is 10.0 Å². The molecule has 2 aromatic carbocycles. The fraction of sp³-hybridized carbons (Fsp3) is 0.316. The molecule has 2 aromatic rings. The van der Waals surface area contributed by atoms with E-state index in [9.17, 15) is 13.2 Å². The highest BCUT2D eigenvalue weighted by Crippen LogP contribution is 2.31. The molecule has 1 saturated heterocycles. The van der Waals surface area contributed by atoms with Crippen molar-refractivity contribution in [3.05, 3.63) is 59.7 Å². The monoisotopic (exact) mass is 389 g/mol. The smallest absolute Gasteiger partial charge is 0.254 e. The fourth-order valence-corrected chi connectivity index (χ4v) is 4.02. The molecule has 1 atom stereocenters. The Morgan fingerprint density at radius 2 is 2.00 bits per heavy atom. The fourth-order valence-electron chi connectivity index (χ4n) is 3.25. The van der Waals surface area contributed by atoms with Gasteiger partial charge in [0.2, 0.25) is 10.0 Å². The average Bonchev–Trinajstić information content (AvgIpc) is 2.73. The molecule has 1 heterocycles. The van der Waals surface area contributed by atoms with Gasteiger partial charge in [0.15, 0.2) is 0 Å². The van der Waals surface area contributed by atoms with Gasteiger partial charge in [-0.1, -0.05) is 24.3 Å². The minimum atomic E-state index is -3.61. The molecule has 1 fully saturated rings.